The highest BCUT2D eigenvalue weighted by molar-refractivity contribution is 5.81. The van der Waals surface area contributed by atoms with Crippen LogP contribution in [-0.4, -0.2) is 24.7 Å². The number of halogens is 1. The van der Waals surface area contributed by atoms with Gasteiger partial charge in [-0.25, -0.2) is 4.39 Å². The van der Waals surface area contributed by atoms with Gasteiger partial charge in [-0.05, 0) is 12.1 Å². The number of carbonyl (C=O) groups excluding carboxylic acids is 1. The number of primary amides is 1. The normalized spacial score (nSPS) is 11.5. The number of hydrogen-bond acceptors (Lipinski definition) is 3. The molecule has 0 aliphatic heterocycles. The van der Waals surface area contributed by atoms with E-state index in [1.54, 1.807) is 0 Å². The fourth-order valence-corrected chi connectivity index (χ4v) is 1.42. The van der Waals surface area contributed by atoms with E-state index in [2.05, 4.69) is 11.8 Å². The smallest absolute Gasteiger partial charge is 0.251 e. The molecule has 4 nitrogen and oxygen atoms in total. The maximum absolute atomic E-state index is 13.7. The largest absolute Gasteiger partial charge is 0.384 e. The third kappa shape index (κ3) is 3.03. The van der Waals surface area contributed by atoms with Crippen LogP contribution in [0.25, 0.3) is 0 Å². The van der Waals surface area contributed by atoms with Gasteiger partial charge in [0.05, 0.1) is 0 Å². The van der Waals surface area contributed by atoms with Gasteiger partial charge in [-0.3, -0.25) is 4.79 Å². The minimum atomic E-state index is -1.20. The van der Waals surface area contributed by atoms with Crippen LogP contribution < -0.4 is 5.73 Å². The van der Waals surface area contributed by atoms with E-state index in [1.165, 1.54) is 25.3 Å². The molecule has 1 aromatic carbocycles. The van der Waals surface area contributed by atoms with Gasteiger partial charge in [-0.1, -0.05) is 17.9 Å². The minimum absolute atomic E-state index is 0.0107. The average Bonchev–Trinajstić information content (AvgIpc) is 2.29. The summed E-state index contributed by atoms with van der Waals surface area (Å²) in [6.45, 7) is -0.357. The number of aliphatic hydroxyl groups is 1. The molecule has 1 aromatic rings. The first-order valence-corrected chi connectivity index (χ1v) is 4.82. The molecule has 0 spiro atoms. The van der Waals surface area contributed by atoms with Crippen LogP contribution in [0.2, 0.25) is 0 Å². The van der Waals surface area contributed by atoms with Crippen molar-refractivity contribution in [3.8, 4) is 11.8 Å². The number of rotatable bonds is 3. The van der Waals surface area contributed by atoms with Gasteiger partial charge in [0.15, 0.2) is 6.10 Å². The predicted molar refractivity (Wildman–Crippen MR) is 59.3 cm³/mol. The van der Waals surface area contributed by atoms with E-state index in [0.717, 1.165) is 0 Å². The lowest BCUT2D eigenvalue weighted by atomic mass is 10.0. The van der Waals surface area contributed by atoms with Crippen molar-refractivity contribution >= 4 is 5.91 Å². The molecule has 1 rings (SSSR count). The van der Waals surface area contributed by atoms with Crippen LogP contribution in [0.1, 0.15) is 17.2 Å². The molecule has 0 radical (unpaired) electrons. The van der Waals surface area contributed by atoms with Gasteiger partial charge >= 0.3 is 0 Å². The molecule has 1 unspecified atom stereocenters. The number of hydrogen-bond donors (Lipinski definition) is 2. The summed E-state index contributed by atoms with van der Waals surface area (Å²) in [6, 6.07) is 4.17. The number of aliphatic hydroxyl groups excluding tert-OH is 1. The monoisotopic (exact) mass is 237 g/mol. The molecular weight excluding hydrogens is 225 g/mol. The van der Waals surface area contributed by atoms with Crippen molar-refractivity contribution in [2.75, 3.05) is 13.7 Å². The Morgan fingerprint density at radius 2 is 2.35 bits per heavy atom. The van der Waals surface area contributed by atoms with Gasteiger partial charge in [0.1, 0.15) is 12.4 Å². The molecular formula is C12H12FNO3. The molecule has 0 aliphatic carbocycles. The predicted octanol–water partition coefficient (Wildman–Crippen LogP) is 0.342. The van der Waals surface area contributed by atoms with Gasteiger partial charge in [-0.2, -0.15) is 0 Å². The van der Waals surface area contributed by atoms with Gasteiger partial charge in [-0.15, -0.1) is 0 Å². The molecule has 0 aliphatic rings. The van der Waals surface area contributed by atoms with E-state index < -0.39 is 17.8 Å². The van der Waals surface area contributed by atoms with Crippen molar-refractivity contribution in [1.29, 1.82) is 0 Å². The zero-order valence-corrected chi connectivity index (χ0v) is 9.24. The van der Waals surface area contributed by atoms with Crippen LogP contribution in [0.15, 0.2) is 18.2 Å². The second-order valence-corrected chi connectivity index (χ2v) is 3.18. The SMILES string of the molecule is COC(C(N)=O)c1c(F)cccc1C#CCO. The Bertz CT molecular complexity index is 476. The third-order valence-electron chi connectivity index (χ3n) is 2.11. The van der Waals surface area contributed by atoms with Crippen LogP contribution in [0.4, 0.5) is 4.39 Å². The quantitative estimate of drug-likeness (QED) is 0.745. The Balaban J connectivity index is 3.33. The maximum Gasteiger partial charge on any atom is 0.251 e. The first kappa shape index (κ1) is 13.2. The van der Waals surface area contributed by atoms with Gasteiger partial charge in [0.25, 0.3) is 5.91 Å². The van der Waals surface area contributed by atoms with Crippen molar-refractivity contribution in [2.24, 2.45) is 5.73 Å². The van der Waals surface area contributed by atoms with E-state index in [0.29, 0.717) is 0 Å². The number of carbonyl (C=O) groups is 1. The summed E-state index contributed by atoms with van der Waals surface area (Å²) in [6.07, 6.45) is -1.20. The Morgan fingerprint density at radius 3 is 2.88 bits per heavy atom. The fraction of sp³-hybridized carbons (Fsp3) is 0.250. The highest BCUT2D eigenvalue weighted by Gasteiger charge is 2.23. The Labute approximate surface area is 98.2 Å². The summed E-state index contributed by atoms with van der Waals surface area (Å²) in [4.78, 5) is 11.1. The molecule has 3 N–H and O–H groups in total. The lowest BCUT2D eigenvalue weighted by molar-refractivity contribution is -0.128. The van der Waals surface area contributed by atoms with Gasteiger partial charge in [0, 0.05) is 18.2 Å². The van der Waals surface area contributed by atoms with Gasteiger partial charge in [0.2, 0.25) is 0 Å². The first-order valence-electron chi connectivity index (χ1n) is 4.82. The molecule has 17 heavy (non-hydrogen) atoms. The third-order valence-corrected chi connectivity index (χ3v) is 2.11. The molecule has 0 bridgehead atoms. The van der Waals surface area contributed by atoms with Crippen molar-refractivity contribution in [2.45, 2.75) is 6.10 Å². The standard InChI is InChI=1S/C12H12FNO3/c1-17-11(12(14)16)10-8(5-3-7-15)4-2-6-9(10)13/h2,4,6,11,15H,7H2,1H3,(H2,14,16). The topological polar surface area (TPSA) is 72.5 Å². The van der Waals surface area contributed by atoms with E-state index in [-0.39, 0.29) is 17.7 Å². The molecule has 0 saturated heterocycles. The molecule has 0 fully saturated rings. The molecule has 90 valence electrons. The van der Waals surface area contributed by atoms with Crippen molar-refractivity contribution in [3.63, 3.8) is 0 Å². The first-order chi connectivity index (χ1) is 8.11. The van der Waals surface area contributed by atoms with E-state index in [1.807, 2.05) is 0 Å². The Hall–Kier alpha value is -1.90. The van der Waals surface area contributed by atoms with Crippen LogP contribution in [-0.2, 0) is 9.53 Å². The Kier molecular flexibility index (Phi) is 4.64. The van der Waals surface area contributed by atoms with Crippen molar-refractivity contribution < 1.29 is 19.0 Å². The number of amides is 1. The minimum Gasteiger partial charge on any atom is -0.384 e. The zero-order chi connectivity index (χ0) is 12.8. The lowest BCUT2D eigenvalue weighted by Crippen LogP contribution is -2.24. The summed E-state index contributed by atoms with van der Waals surface area (Å²) in [5, 5.41) is 8.60. The zero-order valence-electron chi connectivity index (χ0n) is 9.24. The molecule has 0 aromatic heterocycles. The second kappa shape index (κ2) is 5.99. The summed E-state index contributed by atoms with van der Waals surface area (Å²) >= 11 is 0. The second-order valence-electron chi connectivity index (χ2n) is 3.18. The highest BCUT2D eigenvalue weighted by atomic mass is 19.1. The highest BCUT2D eigenvalue weighted by Crippen LogP contribution is 2.23. The van der Waals surface area contributed by atoms with Crippen molar-refractivity contribution in [3.05, 3.63) is 35.1 Å². The van der Waals surface area contributed by atoms with Crippen molar-refractivity contribution in [1.82, 2.24) is 0 Å². The van der Waals surface area contributed by atoms with Gasteiger partial charge < -0.3 is 15.6 Å². The molecule has 5 heteroatoms. The summed E-state index contributed by atoms with van der Waals surface area (Å²) in [5.74, 6) is 3.50. The van der Waals surface area contributed by atoms with E-state index in [4.69, 9.17) is 15.6 Å². The summed E-state index contributed by atoms with van der Waals surface area (Å²) < 4.78 is 18.5. The number of nitrogens with two attached hydrogens (primary N) is 1. The number of methoxy groups -OCH3 is 1. The van der Waals surface area contributed by atoms with E-state index in [9.17, 15) is 9.18 Å². The fourth-order valence-electron chi connectivity index (χ4n) is 1.42. The number of ether oxygens (including phenoxy) is 1. The van der Waals surface area contributed by atoms with E-state index >= 15 is 0 Å². The number of benzene rings is 1. The average molecular weight is 237 g/mol. The van der Waals surface area contributed by atoms with Crippen LogP contribution in [0, 0.1) is 17.7 Å². The molecule has 1 atom stereocenters. The van der Waals surface area contributed by atoms with Crippen LogP contribution >= 0.6 is 0 Å². The summed E-state index contributed by atoms with van der Waals surface area (Å²) in [7, 11) is 1.26. The van der Waals surface area contributed by atoms with Crippen LogP contribution in [0.3, 0.4) is 0 Å². The van der Waals surface area contributed by atoms with Crippen LogP contribution in [0.5, 0.6) is 0 Å². The molecule has 1 amide bonds. The Morgan fingerprint density at radius 1 is 1.65 bits per heavy atom. The molecule has 0 saturated carbocycles. The maximum atomic E-state index is 13.7. The summed E-state index contributed by atoms with van der Waals surface area (Å²) in [5.41, 5.74) is 5.38. The molecule has 0 heterocycles. The lowest BCUT2D eigenvalue weighted by Gasteiger charge is -2.14.